The van der Waals surface area contributed by atoms with E-state index >= 15 is 0 Å². The van der Waals surface area contributed by atoms with Crippen molar-refractivity contribution in [3.05, 3.63) is 113 Å². The fraction of sp³-hybridized carbons (Fsp3) is 0.0833. The van der Waals surface area contributed by atoms with E-state index in [-0.39, 0.29) is 11.6 Å². The van der Waals surface area contributed by atoms with Gasteiger partial charge in [-0.25, -0.2) is 0 Å². The van der Waals surface area contributed by atoms with Crippen molar-refractivity contribution in [3.8, 4) is 0 Å². The molecule has 0 atom stereocenters. The van der Waals surface area contributed by atoms with Gasteiger partial charge in [0, 0.05) is 16.7 Å². The van der Waals surface area contributed by atoms with Gasteiger partial charge in [0.05, 0.1) is 0 Å². The molecule has 0 saturated heterocycles. The van der Waals surface area contributed by atoms with Gasteiger partial charge >= 0.3 is 0 Å². The fourth-order valence-corrected chi connectivity index (χ4v) is 2.75. The van der Waals surface area contributed by atoms with Crippen molar-refractivity contribution in [2.24, 2.45) is 0 Å². The lowest BCUT2D eigenvalue weighted by Gasteiger charge is -2.08. The molecule has 0 heterocycles. The van der Waals surface area contributed by atoms with E-state index in [9.17, 15) is 9.59 Å². The van der Waals surface area contributed by atoms with E-state index in [0.29, 0.717) is 16.7 Å². The van der Waals surface area contributed by atoms with E-state index < -0.39 is 0 Å². The number of aryl methyl sites for hydroxylation is 2. The van der Waals surface area contributed by atoms with Gasteiger partial charge in [0.15, 0.2) is 11.6 Å². The van der Waals surface area contributed by atoms with Crippen LogP contribution in [0.3, 0.4) is 0 Å². The highest BCUT2D eigenvalue weighted by Gasteiger charge is 2.16. The van der Waals surface area contributed by atoms with Crippen LogP contribution in [0, 0.1) is 13.8 Å². The average molecular weight is 340 g/mol. The van der Waals surface area contributed by atoms with Gasteiger partial charge in [-0.2, -0.15) is 0 Å². The molecule has 0 amide bonds. The van der Waals surface area contributed by atoms with Crippen molar-refractivity contribution >= 4 is 17.1 Å². The Hall–Kier alpha value is -3.26. The zero-order chi connectivity index (χ0) is 18.5. The molecule has 3 rings (SSSR count). The Kier molecular flexibility index (Phi) is 5.23. The highest BCUT2D eigenvalue weighted by molar-refractivity contribution is 6.32. The van der Waals surface area contributed by atoms with Gasteiger partial charge in [-0.05, 0) is 42.7 Å². The van der Waals surface area contributed by atoms with Crippen molar-refractivity contribution in [2.45, 2.75) is 13.8 Å². The molecule has 0 aliphatic carbocycles. The molecule has 0 aliphatic heterocycles. The number of hydrogen-bond donors (Lipinski definition) is 0. The summed E-state index contributed by atoms with van der Waals surface area (Å²) in [6.07, 6.45) is 1.45. The van der Waals surface area contributed by atoms with Gasteiger partial charge in [-0.1, -0.05) is 72.8 Å². The van der Waals surface area contributed by atoms with E-state index in [2.05, 4.69) is 0 Å². The van der Waals surface area contributed by atoms with E-state index in [1.54, 1.807) is 18.2 Å². The number of ketones is 2. The Bertz CT molecular complexity index is 968. The van der Waals surface area contributed by atoms with Gasteiger partial charge in [0.25, 0.3) is 0 Å². The molecular formula is C24H20O2. The van der Waals surface area contributed by atoms with Crippen LogP contribution in [0.15, 0.2) is 84.9 Å². The molecule has 2 nitrogen and oxygen atoms in total. The molecule has 0 fully saturated rings. The second-order valence-electron chi connectivity index (χ2n) is 6.28. The number of Topliss-reactive ketones (excluding diaryl/α,β-unsaturated/α-hetero) is 1. The largest absolute Gasteiger partial charge is 0.289 e. The SMILES string of the molecule is Cc1ccc(C(=O)/C=C(\C(=O)c2ccccc2)c2ccccc2)cc1C. The van der Waals surface area contributed by atoms with Crippen LogP contribution in [0.4, 0.5) is 0 Å². The Morgan fingerprint density at radius 3 is 1.81 bits per heavy atom. The Morgan fingerprint density at radius 2 is 1.23 bits per heavy atom. The van der Waals surface area contributed by atoms with Gasteiger partial charge < -0.3 is 0 Å². The van der Waals surface area contributed by atoms with Gasteiger partial charge in [0.2, 0.25) is 0 Å². The number of benzene rings is 3. The van der Waals surface area contributed by atoms with E-state index in [0.717, 1.165) is 16.7 Å². The number of carbonyl (C=O) groups excluding carboxylic acids is 2. The van der Waals surface area contributed by atoms with Gasteiger partial charge in [0.1, 0.15) is 0 Å². The molecule has 0 aliphatic rings. The van der Waals surface area contributed by atoms with E-state index in [4.69, 9.17) is 0 Å². The molecular weight excluding hydrogens is 320 g/mol. The smallest absolute Gasteiger partial charge is 0.193 e. The van der Waals surface area contributed by atoms with Crippen LogP contribution in [-0.4, -0.2) is 11.6 Å². The van der Waals surface area contributed by atoms with Gasteiger partial charge in [-0.3, -0.25) is 9.59 Å². The van der Waals surface area contributed by atoms with Gasteiger partial charge in [-0.15, -0.1) is 0 Å². The zero-order valence-corrected chi connectivity index (χ0v) is 14.9. The van der Waals surface area contributed by atoms with Crippen LogP contribution in [0.5, 0.6) is 0 Å². The number of rotatable bonds is 5. The predicted molar refractivity (Wildman–Crippen MR) is 105 cm³/mol. The lowest BCUT2D eigenvalue weighted by molar-refractivity contribution is 0.102. The zero-order valence-electron chi connectivity index (χ0n) is 14.9. The molecule has 0 spiro atoms. The minimum Gasteiger partial charge on any atom is -0.289 e. The first-order chi connectivity index (χ1) is 12.6. The van der Waals surface area contributed by atoms with Crippen LogP contribution < -0.4 is 0 Å². The molecule has 3 aromatic carbocycles. The molecule has 0 radical (unpaired) electrons. The standard InChI is InChI=1S/C24H20O2/c1-17-13-14-21(15-18(17)2)23(25)16-22(19-9-5-3-6-10-19)24(26)20-11-7-4-8-12-20/h3-16H,1-2H3/b22-16-. The Morgan fingerprint density at radius 1 is 0.654 bits per heavy atom. The third kappa shape index (κ3) is 3.86. The maximum absolute atomic E-state index is 13.0. The summed E-state index contributed by atoms with van der Waals surface area (Å²) >= 11 is 0. The summed E-state index contributed by atoms with van der Waals surface area (Å²) in [4.78, 5) is 25.8. The first kappa shape index (κ1) is 17.6. The summed E-state index contributed by atoms with van der Waals surface area (Å²) in [5.41, 5.74) is 4.48. The van der Waals surface area contributed by atoms with Crippen molar-refractivity contribution in [3.63, 3.8) is 0 Å². The maximum atomic E-state index is 13.0. The Balaban J connectivity index is 2.05. The van der Waals surface area contributed by atoms with Crippen molar-refractivity contribution in [1.82, 2.24) is 0 Å². The van der Waals surface area contributed by atoms with Crippen LogP contribution >= 0.6 is 0 Å². The second kappa shape index (κ2) is 7.75. The number of hydrogen-bond acceptors (Lipinski definition) is 2. The summed E-state index contributed by atoms with van der Waals surface area (Å²) in [5, 5.41) is 0. The normalized spacial score (nSPS) is 11.2. The summed E-state index contributed by atoms with van der Waals surface area (Å²) in [7, 11) is 0. The average Bonchev–Trinajstić information content (AvgIpc) is 2.69. The summed E-state index contributed by atoms with van der Waals surface area (Å²) in [5.74, 6) is -0.329. The first-order valence-electron chi connectivity index (χ1n) is 8.54. The second-order valence-corrected chi connectivity index (χ2v) is 6.28. The van der Waals surface area contributed by atoms with E-state index in [1.165, 1.54) is 6.08 Å². The molecule has 3 aromatic rings. The summed E-state index contributed by atoms with van der Waals surface area (Å²) in [6.45, 7) is 3.98. The highest BCUT2D eigenvalue weighted by atomic mass is 16.1. The van der Waals surface area contributed by atoms with E-state index in [1.807, 2.05) is 74.5 Å². The Labute approximate surface area is 153 Å². The maximum Gasteiger partial charge on any atom is 0.193 e. The highest BCUT2D eigenvalue weighted by Crippen LogP contribution is 2.21. The molecule has 0 aromatic heterocycles. The van der Waals surface area contributed by atoms with Crippen LogP contribution in [0.2, 0.25) is 0 Å². The number of carbonyl (C=O) groups is 2. The third-order valence-corrected chi connectivity index (χ3v) is 4.43. The van der Waals surface area contributed by atoms with Crippen LogP contribution in [0.25, 0.3) is 5.57 Å². The predicted octanol–water partition coefficient (Wildman–Crippen LogP) is 5.45. The molecule has 0 N–H and O–H groups in total. The molecule has 2 heteroatoms. The quantitative estimate of drug-likeness (QED) is 0.457. The lowest BCUT2D eigenvalue weighted by atomic mass is 9.94. The molecule has 0 bridgehead atoms. The first-order valence-corrected chi connectivity index (χ1v) is 8.54. The molecule has 0 unspecified atom stereocenters. The van der Waals surface area contributed by atoms with Crippen molar-refractivity contribution in [1.29, 1.82) is 0 Å². The minimum atomic E-state index is -0.170. The summed E-state index contributed by atoms with van der Waals surface area (Å²) in [6, 6.07) is 23.9. The monoisotopic (exact) mass is 340 g/mol. The topological polar surface area (TPSA) is 34.1 Å². The molecule has 0 saturated carbocycles. The summed E-state index contributed by atoms with van der Waals surface area (Å²) < 4.78 is 0. The molecule has 26 heavy (non-hydrogen) atoms. The fourth-order valence-electron chi connectivity index (χ4n) is 2.75. The van der Waals surface area contributed by atoms with Crippen LogP contribution in [-0.2, 0) is 0 Å². The van der Waals surface area contributed by atoms with Crippen molar-refractivity contribution in [2.75, 3.05) is 0 Å². The van der Waals surface area contributed by atoms with Crippen LogP contribution in [0.1, 0.15) is 37.4 Å². The minimum absolute atomic E-state index is 0.158. The lowest BCUT2D eigenvalue weighted by Crippen LogP contribution is -2.06. The molecule has 128 valence electrons. The number of allylic oxidation sites excluding steroid dienone is 2. The van der Waals surface area contributed by atoms with Crippen molar-refractivity contribution < 1.29 is 9.59 Å². The third-order valence-electron chi connectivity index (χ3n) is 4.43.